The second-order valence-electron chi connectivity index (χ2n) is 8.59. The van der Waals surface area contributed by atoms with Crippen LogP contribution < -0.4 is 4.74 Å². The van der Waals surface area contributed by atoms with Crippen molar-refractivity contribution in [2.75, 3.05) is 7.11 Å². The van der Waals surface area contributed by atoms with Crippen molar-refractivity contribution in [3.63, 3.8) is 0 Å². The summed E-state index contributed by atoms with van der Waals surface area (Å²) in [5, 5.41) is 0. The van der Waals surface area contributed by atoms with E-state index in [4.69, 9.17) is 4.74 Å². The highest BCUT2D eigenvalue weighted by molar-refractivity contribution is 5.73. The summed E-state index contributed by atoms with van der Waals surface area (Å²) in [7, 11) is 1.71. The van der Waals surface area contributed by atoms with Crippen LogP contribution >= 0.6 is 0 Å². The molecule has 2 aromatic rings. The second-order valence-corrected chi connectivity index (χ2v) is 8.59. The van der Waals surface area contributed by atoms with E-state index in [9.17, 15) is 0 Å². The first-order chi connectivity index (χ1) is 15.0. The van der Waals surface area contributed by atoms with E-state index in [1.165, 1.54) is 58.2 Å². The lowest BCUT2D eigenvalue weighted by Gasteiger charge is -2.23. The van der Waals surface area contributed by atoms with Crippen molar-refractivity contribution in [3.8, 4) is 16.9 Å². The Morgan fingerprint density at radius 3 is 2.42 bits per heavy atom. The van der Waals surface area contributed by atoms with Crippen molar-refractivity contribution < 1.29 is 4.74 Å². The van der Waals surface area contributed by atoms with Gasteiger partial charge in [0.1, 0.15) is 5.75 Å². The van der Waals surface area contributed by atoms with Crippen LogP contribution in [0.4, 0.5) is 0 Å². The molecule has 162 valence electrons. The summed E-state index contributed by atoms with van der Waals surface area (Å²) in [5.41, 5.74) is 9.38. The van der Waals surface area contributed by atoms with Crippen LogP contribution in [0.2, 0.25) is 0 Å². The molecule has 0 aromatic heterocycles. The fourth-order valence-corrected chi connectivity index (χ4v) is 4.44. The smallest absolute Gasteiger partial charge is 0.119 e. The Balaban J connectivity index is 1.71. The van der Waals surface area contributed by atoms with Crippen LogP contribution in [0.15, 0.2) is 84.5 Å². The fourth-order valence-electron chi connectivity index (χ4n) is 4.44. The Labute approximate surface area is 188 Å². The zero-order valence-electron chi connectivity index (χ0n) is 19.6. The lowest BCUT2D eigenvalue weighted by molar-refractivity contribution is 0.414. The lowest BCUT2D eigenvalue weighted by Crippen LogP contribution is -2.07. The molecule has 0 aliphatic heterocycles. The van der Waals surface area contributed by atoms with Crippen molar-refractivity contribution in [2.45, 2.75) is 52.9 Å². The minimum Gasteiger partial charge on any atom is -0.497 e. The van der Waals surface area contributed by atoms with E-state index in [1.807, 2.05) is 12.1 Å². The predicted molar refractivity (Wildman–Crippen MR) is 135 cm³/mol. The van der Waals surface area contributed by atoms with Crippen LogP contribution in [0.3, 0.4) is 0 Å². The zero-order chi connectivity index (χ0) is 22.2. The lowest BCUT2D eigenvalue weighted by atomic mass is 9.82. The largest absolute Gasteiger partial charge is 0.497 e. The summed E-state index contributed by atoms with van der Waals surface area (Å²) < 4.78 is 5.33. The third-order valence-corrected chi connectivity index (χ3v) is 6.32. The van der Waals surface area contributed by atoms with Gasteiger partial charge in [0.05, 0.1) is 7.11 Å². The van der Waals surface area contributed by atoms with Crippen LogP contribution in [0.25, 0.3) is 16.7 Å². The van der Waals surface area contributed by atoms with E-state index in [0.717, 1.165) is 18.6 Å². The number of benzene rings is 2. The summed E-state index contributed by atoms with van der Waals surface area (Å²) in [6, 6.07) is 15.3. The highest BCUT2D eigenvalue weighted by Gasteiger charge is 2.17. The Morgan fingerprint density at radius 2 is 1.84 bits per heavy atom. The molecule has 0 amide bonds. The van der Waals surface area contributed by atoms with Crippen LogP contribution in [0.5, 0.6) is 5.75 Å². The van der Waals surface area contributed by atoms with Crippen molar-refractivity contribution in [3.05, 3.63) is 95.6 Å². The Morgan fingerprint density at radius 1 is 1.10 bits per heavy atom. The van der Waals surface area contributed by atoms with E-state index >= 15 is 0 Å². The molecule has 1 atom stereocenters. The standard InChI is InChI=1S/C30H36O/c1-6-8-22(3)9-10-24(7-2)25-11-13-26(14-12-25)27-15-17-28(18-16-27)30-20-19-29(31-5)21-23(30)4/h7,9-10,13,15-21,25H,2,6,8,11-12,14H2,1,3-5H3/b22-9+,24-10+. The first-order valence-corrected chi connectivity index (χ1v) is 11.5. The quantitative estimate of drug-likeness (QED) is 0.394. The molecule has 0 spiro atoms. The Kier molecular flexibility index (Phi) is 8.12. The van der Waals surface area contributed by atoms with Gasteiger partial charge in [-0.15, -0.1) is 0 Å². The fraction of sp³-hybridized carbons (Fsp3) is 0.333. The average Bonchev–Trinajstić information content (AvgIpc) is 2.80. The highest BCUT2D eigenvalue weighted by atomic mass is 16.5. The van der Waals surface area contributed by atoms with Gasteiger partial charge in [-0.05, 0) is 91.0 Å². The van der Waals surface area contributed by atoms with Gasteiger partial charge in [0, 0.05) is 0 Å². The van der Waals surface area contributed by atoms with Crippen LogP contribution in [-0.4, -0.2) is 7.11 Å². The van der Waals surface area contributed by atoms with Gasteiger partial charge in [0.2, 0.25) is 0 Å². The summed E-state index contributed by atoms with van der Waals surface area (Å²) in [4.78, 5) is 0. The Hall–Kier alpha value is -2.80. The maximum absolute atomic E-state index is 5.33. The number of hydrogen-bond donors (Lipinski definition) is 0. The molecule has 0 fully saturated rings. The Bertz CT molecular complexity index is 986. The number of aryl methyl sites for hydroxylation is 1. The summed E-state index contributed by atoms with van der Waals surface area (Å²) >= 11 is 0. The van der Waals surface area contributed by atoms with Gasteiger partial charge in [-0.25, -0.2) is 0 Å². The summed E-state index contributed by atoms with van der Waals surface area (Å²) in [5.74, 6) is 1.48. The first-order valence-electron chi connectivity index (χ1n) is 11.5. The maximum Gasteiger partial charge on any atom is 0.119 e. The molecule has 1 nitrogen and oxygen atoms in total. The maximum atomic E-state index is 5.33. The van der Waals surface area contributed by atoms with E-state index in [2.05, 4.69) is 82.0 Å². The third-order valence-electron chi connectivity index (χ3n) is 6.32. The first kappa shape index (κ1) is 22.9. The highest BCUT2D eigenvalue weighted by Crippen LogP contribution is 2.35. The molecule has 2 aromatic carbocycles. The van der Waals surface area contributed by atoms with Gasteiger partial charge in [0.25, 0.3) is 0 Å². The third kappa shape index (κ3) is 5.88. The molecule has 1 aliphatic carbocycles. The van der Waals surface area contributed by atoms with Crippen LogP contribution in [-0.2, 0) is 0 Å². The van der Waals surface area contributed by atoms with E-state index in [1.54, 1.807) is 7.11 Å². The monoisotopic (exact) mass is 412 g/mol. The normalized spacial score (nSPS) is 17.3. The summed E-state index contributed by atoms with van der Waals surface area (Å²) in [6.07, 6.45) is 14.8. The molecule has 1 unspecified atom stereocenters. The number of allylic oxidation sites excluding steroid dienone is 7. The van der Waals surface area contributed by atoms with Crippen molar-refractivity contribution in [1.29, 1.82) is 0 Å². The molecule has 0 bridgehead atoms. The van der Waals surface area contributed by atoms with Crippen molar-refractivity contribution in [2.24, 2.45) is 5.92 Å². The van der Waals surface area contributed by atoms with Crippen molar-refractivity contribution >= 4 is 5.57 Å². The molecule has 1 aliphatic rings. The molecule has 1 heteroatoms. The molecule has 0 saturated carbocycles. The van der Waals surface area contributed by atoms with E-state index in [-0.39, 0.29) is 0 Å². The molecule has 0 N–H and O–H groups in total. The SMILES string of the molecule is C=C/C(=C\C=C(/C)CCC)C1CC=C(c2ccc(-c3ccc(OC)cc3C)cc2)CC1. The van der Waals surface area contributed by atoms with Gasteiger partial charge in [0.15, 0.2) is 0 Å². The van der Waals surface area contributed by atoms with Crippen LogP contribution in [0, 0.1) is 12.8 Å². The molecule has 0 radical (unpaired) electrons. The minimum absolute atomic E-state index is 0.577. The number of ether oxygens (including phenoxy) is 1. The topological polar surface area (TPSA) is 9.23 Å². The van der Waals surface area contributed by atoms with Gasteiger partial charge in [-0.3, -0.25) is 0 Å². The van der Waals surface area contributed by atoms with Crippen molar-refractivity contribution in [1.82, 2.24) is 0 Å². The molecule has 0 heterocycles. The molecule has 3 rings (SSSR count). The predicted octanol–water partition coefficient (Wildman–Crippen LogP) is 8.71. The van der Waals surface area contributed by atoms with Gasteiger partial charge in [-0.1, -0.05) is 80.1 Å². The number of methoxy groups -OCH3 is 1. The van der Waals surface area contributed by atoms with E-state index < -0.39 is 0 Å². The average molecular weight is 413 g/mol. The second kappa shape index (κ2) is 11.0. The van der Waals surface area contributed by atoms with Gasteiger partial charge < -0.3 is 4.74 Å². The zero-order valence-corrected chi connectivity index (χ0v) is 19.6. The van der Waals surface area contributed by atoms with Gasteiger partial charge >= 0.3 is 0 Å². The molecular formula is C30H36O. The van der Waals surface area contributed by atoms with E-state index in [0.29, 0.717) is 5.92 Å². The van der Waals surface area contributed by atoms with Gasteiger partial charge in [-0.2, -0.15) is 0 Å². The molecule has 0 saturated heterocycles. The summed E-state index contributed by atoms with van der Waals surface area (Å²) in [6.45, 7) is 10.7. The minimum atomic E-state index is 0.577. The molecular weight excluding hydrogens is 376 g/mol. The molecule has 31 heavy (non-hydrogen) atoms. The number of rotatable bonds is 8. The van der Waals surface area contributed by atoms with Crippen LogP contribution in [0.1, 0.15) is 57.1 Å². The number of hydrogen-bond acceptors (Lipinski definition) is 1.